The largest absolute Gasteiger partial charge is 0.478 e. The van der Waals surface area contributed by atoms with Crippen LogP contribution in [0.2, 0.25) is 5.02 Å². The monoisotopic (exact) mass is 267 g/mol. The first kappa shape index (κ1) is 12.5. The van der Waals surface area contributed by atoms with Crippen LogP contribution in [-0.4, -0.2) is 30.9 Å². The number of rotatable bonds is 3. The van der Waals surface area contributed by atoms with Crippen molar-refractivity contribution in [2.24, 2.45) is 0 Å². The Labute approximate surface area is 107 Å². The van der Waals surface area contributed by atoms with Gasteiger partial charge in [-0.1, -0.05) is 11.6 Å². The highest BCUT2D eigenvalue weighted by atomic mass is 35.5. The van der Waals surface area contributed by atoms with Gasteiger partial charge in [0.05, 0.1) is 11.3 Å². The predicted octanol–water partition coefficient (Wildman–Crippen LogP) is 1.42. The number of aliphatic hydroxyl groups is 1. The summed E-state index contributed by atoms with van der Waals surface area (Å²) in [5, 5.41) is 26.3. The molecule has 2 aromatic rings. The Morgan fingerprint density at radius 3 is 2.78 bits per heavy atom. The van der Waals surface area contributed by atoms with E-state index in [2.05, 4.69) is 10.2 Å². The number of aromatic carboxylic acids is 1. The van der Waals surface area contributed by atoms with Gasteiger partial charge in [-0.05, 0) is 25.1 Å². The molecule has 0 bridgehead atoms. The van der Waals surface area contributed by atoms with Crippen molar-refractivity contribution in [2.75, 3.05) is 0 Å². The van der Waals surface area contributed by atoms with Crippen LogP contribution in [0.3, 0.4) is 0 Å². The van der Waals surface area contributed by atoms with Crippen LogP contribution >= 0.6 is 11.6 Å². The summed E-state index contributed by atoms with van der Waals surface area (Å²) in [5.41, 5.74) is 0.401. The van der Waals surface area contributed by atoms with Gasteiger partial charge in [0.25, 0.3) is 0 Å². The highest BCUT2D eigenvalue weighted by Crippen LogP contribution is 2.22. The van der Waals surface area contributed by atoms with Crippen molar-refractivity contribution in [1.82, 2.24) is 14.8 Å². The van der Waals surface area contributed by atoms with Crippen molar-refractivity contribution in [3.8, 4) is 5.69 Å². The summed E-state index contributed by atoms with van der Waals surface area (Å²) in [6, 6.07) is 4.48. The molecule has 2 rings (SSSR count). The Bertz CT molecular complexity index is 610. The quantitative estimate of drug-likeness (QED) is 0.878. The summed E-state index contributed by atoms with van der Waals surface area (Å²) >= 11 is 5.78. The average molecular weight is 268 g/mol. The van der Waals surface area contributed by atoms with Crippen molar-refractivity contribution in [3.63, 3.8) is 0 Å². The molecule has 1 aromatic carbocycles. The molecule has 0 saturated heterocycles. The van der Waals surface area contributed by atoms with Crippen molar-refractivity contribution >= 4 is 17.6 Å². The minimum absolute atomic E-state index is 0.0279. The van der Waals surface area contributed by atoms with Crippen molar-refractivity contribution in [3.05, 3.63) is 40.4 Å². The molecule has 0 radical (unpaired) electrons. The molecule has 18 heavy (non-hydrogen) atoms. The topological polar surface area (TPSA) is 88.2 Å². The van der Waals surface area contributed by atoms with Gasteiger partial charge < -0.3 is 10.2 Å². The van der Waals surface area contributed by atoms with E-state index in [0.717, 1.165) is 0 Å². The molecule has 0 atom stereocenters. The van der Waals surface area contributed by atoms with Crippen molar-refractivity contribution in [2.45, 2.75) is 13.5 Å². The van der Waals surface area contributed by atoms with E-state index in [4.69, 9.17) is 16.7 Å². The summed E-state index contributed by atoms with van der Waals surface area (Å²) in [6.07, 6.45) is 0. The van der Waals surface area contributed by atoms with Gasteiger partial charge in [-0.25, -0.2) is 4.79 Å². The molecule has 0 fully saturated rings. The minimum Gasteiger partial charge on any atom is -0.478 e. The molecule has 0 amide bonds. The van der Waals surface area contributed by atoms with Crippen molar-refractivity contribution in [1.29, 1.82) is 0 Å². The van der Waals surface area contributed by atoms with E-state index in [0.29, 0.717) is 16.5 Å². The van der Waals surface area contributed by atoms with E-state index < -0.39 is 5.97 Å². The van der Waals surface area contributed by atoms with Gasteiger partial charge in [-0.3, -0.25) is 4.57 Å². The second-order valence-electron chi connectivity index (χ2n) is 3.62. The van der Waals surface area contributed by atoms with E-state index in [1.54, 1.807) is 19.1 Å². The van der Waals surface area contributed by atoms with Crippen LogP contribution in [-0.2, 0) is 6.61 Å². The van der Waals surface area contributed by atoms with Crippen molar-refractivity contribution < 1.29 is 15.0 Å². The number of benzene rings is 1. The van der Waals surface area contributed by atoms with Crippen LogP contribution in [0.1, 0.15) is 22.0 Å². The number of nitrogens with zero attached hydrogens (tertiary/aromatic N) is 3. The van der Waals surface area contributed by atoms with Crippen LogP contribution < -0.4 is 0 Å². The van der Waals surface area contributed by atoms with Gasteiger partial charge in [0.2, 0.25) is 0 Å². The highest BCUT2D eigenvalue weighted by molar-refractivity contribution is 6.31. The number of carboxylic acids is 1. The number of carboxylic acid groups (broad SMARTS) is 1. The van der Waals surface area contributed by atoms with Crippen LogP contribution in [0.4, 0.5) is 0 Å². The minimum atomic E-state index is -1.11. The Morgan fingerprint density at radius 1 is 1.44 bits per heavy atom. The number of aryl methyl sites for hydroxylation is 1. The van der Waals surface area contributed by atoms with Gasteiger partial charge in [0, 0.05) is 5.02 Å². The Balaban J connectivity index is 2.70. The molecule has 94 valence electrons. The molecule has 6 nitrogen and oxygen atoms in total. The summed E-state index contributed by atoms with van der Waals surface area (Å²) < 4.78 is 1.49. The third-order valence-electron chi connectivity index (χ3n) is 2.46. The molecule has 0 aliphatic carbocycles. The number of carbonyl (C=O) groups is 1. The lowest BCUT2D eigenvalue weighted by Crippen LogP contribution is -2.09. The summed E-state index contributed by atoms with van der Waals surface area (Å²) in [5.74, 6) is -0.342. The number of halogens is 1. The molecule has 0 saturated carbocycles. The van der Waals surface area contributed by atoms with E-state index in [-0.39, 0.29) is 18.0 Å². The second kappa shape index (κ2) is 4.75. The predicted molar refractivity (Wildman–Crippen MR) is 64.0 cm³/mol. The first-order valence-electron chi connectivity index (χ1n) is 5.09. The lowest BCUT2D eigenvalue weighted by atomic mass is 10.1. The van der Waals surface area contributed by atoms with Gasteiger partial charge in [-0.2, -0.15) is 0 Å². The van der Waals surface area contributed by atoms with Crippen LogP contribution in [0.15, 0.2) is 18.2 Å². The molecular weight excluding hydrogens is 258 g/mol. The fraction of sp³-hybridized carbons (Fsp3) is 0.182. The maximum absolute atomic E-state index is 11.2. The lowest BCUT2D eigenvalue weighted by Gasteiger charge is -2.10. The maximum atomic E-state index is 11.2. The van der Waals surface area contributed by atoms with E-state index in [1.165, 1.54) is 10.6 Å². The SMILES string of the molecule is Cc1nnc(CO)n1-c1ccc(Cl)cc1C(=O)O. The van der Waals surface area contributed by atoms with E-state index in [9.17, 15) is 9.90 Å². The zero-order valence-corrected chi connectivity index (χ0v) is 10.2. The van der Waals surface area contributed by atoms with Crippen LogP contribution in [0.5, 0.6) is 0 Å². The number of hydrogen-bond acceptors (Lipinski definition) is 4. The second-order valence-corrected chi connectivity index (χ2v) is 4.06. The third kappa shape index (κ3) is 2.07. The van der Waals surface area contributed by atoms with Gasteiger partial charge in [0.15, 0.2) is 5.82 Å². The van der Waals surface area contributed by atoms with E-state index in [1.807, 2.05) is 0 Å². The van der Waals surface area contributed by atoms with Crippen LogP contribution in [0.25, 0.3) is 5.69 Å². The maximum Gasteiger partial charge on any atom is 0.337 e. The number of aromatic nitrogens is 3. The fourth-order valence-corrected chi connectivity index (χ4v) is 1.87. The normalized spacial score (nSPS) is 10.6. The summed E-state index contributed by atoms with van der Waals surface area (Å²) in [6.45, 7) is 1.34. The molecule has 0 unspecified atom stereocenters. The number of hydrogen-bond donors (Lipinski definition) is 2. The molecule has 1 aromatic heterocycles. The molecular formula is C11H10ClN3O3. The van der Waals surface area contributed by atoms with E-state index >= 15 is 0 Å². The molecule has 0 aliphatic heterocycles. The molecule has 2 N–H and O–H groups in total. The van der Waals surface area contributed by atoms with Crippen LogP contribution in [0, 0.1) is 6.92 Å². The third-order valence-corrected chi connectivity index (χ3v) is 2.70. The molecule has 1 heterocycles. The summed E-state index contributed by atoms with van der Waals surface area (Å²) in [7, 11) is 0. The lowest BCUT2D eigenvalue weighted by molar-refractivity contribution is 0.0697. The van der Waals surface area contributed by atoms with Gasteiger partial charge >= 0.3 is 5.97 Å². The Kier molecular flexibility index (Phi) is 3.31. The zero-order chi connectivity index (χ0) is 13.3. The van der Waals surface area contributed by atoms with Gasteiger partial charge in [0.1, 0.15) is 12.4 Å². The first-order chi connectivity index (χ1) is 8.54. The standard InChI is InChI=1S/C11H10ClN3O3/c1-6-13-14-10(5-16)15(6)9-3-2-7(12)4-8(9)11(17)18/h2-4,16H,5H2,1H3,(H,17,18). The average Bonchev–Trinajstić information content (AvgIpc) is 2.70. The zero-order valence-electron chi connectivity index (χ0n) is 9.46. The molecule has 0 aliphatic rings. The highest BCUT2D eigenvalue weighted by Gasteiger charge is 2.17. The first-order valence-corrected chi connectivity index (χ1v) is 5.47. The fourth-order valence-electron chi connectivity index (χ4n) is 1.70. The Hall–Kier alpha value is -1.92. The number of aliphatic hydroxyl groups excluding tert-OH is 1. The smallest absolute Gasteiger partial charge is 0.337 e. The van der Waals surface area contributed by atoms with Gasteiger partial charge in [-0.15, -0.1) is 10.2 Å². The molecule has 7 heteroatoms. The Morgan fingerprint density at radius 2 is 2.17 bits per heavy atom. The summed E-state index contributed by atoms with van der Waals surface area (Å²) in [4.78, 5) is 11.2. The molecule has 0 spiro atoms.